The summed E-state index contributed by atoms with van der Waals surface area (Å²) in [6.45, 7) is 2.51. The van der Waals surface area contributed by atoms with E-state index in [9.17, 15) is 0 Å². The largest absolute Gasteiger partial charge is 0.356 e. The molecule has 4 rings (SSSR count). The molecule has 25 heavy (non-hydrogen) atoms. The maximum Gasteiger partial charge on any atom is 0.191 e. The number of aromatic nitrogens is 3. The average molecular weight is 359 g/mol. The van der Waals surface area contributed by atoms with Crippen LogP contribution in [0.5, 0.6) is 0 Å². The van der Waals surface area contributed by atoms with Crippen LogP contribution < -0.4 is 10.6 Å². The van der Waals surface area contributed by atoms with Crippen molar-refractivity contribution in [3.05, 3.63) is 46.5 Å². The van der Waals surface area contributed by atoms with Crippen molar-refractivity contribution >= 4 is 17.6 Å². The first-order valence-corrected chi connectivity index (χ1v) is 9.19. The fraction of sp³-hybridized carbons (Fsp3) is 0.500. The Morgan fingerprint density at radius 2 is 2.20 bits per heavy atom. The number of hydrogen-bond acceptors (Lipinski definition) is 3. The second-order valence-electron chi connectivity index (χ2n) is 6.86. The molecule has 0 bridgehead atoms. The number of guanidine groups is 1. The fourth-order valence-corrected chi connectivity index (χ4v) is 3.70. The SMILES string of the molecule is CN=C(NCc1nnc2n1CCC2)NCC1(c2cccc(Cl)c2)CC1. The third-order valence-electron chi connectivity index (χ3n) is 5.21. The van der Waals surface area contributed by atoms with Gasteiger partial charge in [0.05, 0.1) is 6.54 Å². The molecule has 0 amide bonds. The Bertz CT molecular complexity index is 793. The van der Waals surface area contributed by atoms with Crippen molar-refractivity contribution in [2.75, 3.05) is 13.6 Å². The van der Waals surface area contributed by atoms with Crippen molar-refractivity contribution in [1.29, 1.82) is 0 Å². The fourth-order valence-electron chi connectivity index (χ4n) is 3.51. The summed E-state index contributed by atoms with van der Waals surface area (Å²) in [6.07, 6.45) is 4.54. The van der Waals surface area contributed by atoms with Gasteiger partial charge in [-0.05, 0) is 37.0 Å². The summed E-state index contributed by atoms with van der Waals surface area (Å²) >= 11 is 6.15. The smallest absolute Gasteiger partial charge is 0.191 e. The zero-order chi connectivity index (χ0) is 17.3. The molecule has 2 N–H and O–H groups in total. The van der Waals surface area contributed by atoms with Gasteiger partial charge >= 0.3 is 0 Å². The zero-order valence-corrected chi connectivity index (χ0v) is 15.2. The number of nitrogens with one attached hydrogen (secondary N) is 2. The van der Waals surface area contributed by atoms with E-state index in [-0.39, 0.29) is 5.41 Å². The van der Waals surface area contributed by atoms with E-state index < -0.39 is 0 Å². The highest BCUT2D eigenvalue weighted by Crippen LogP contribution is 2.48. The topological polar surface area (TPSA) is 67.1 Å². The molecule has 0 spiro atoms. The molecule has 1 aromatic carbocycles. The van der Waals surface area contributed by atoms with Crippen LogP contribution in [0.1, 0.15) is 36.5 Å². The summed E-state index contributed by atoms with van der Waals surface area (Å²) in [4.78, 5) is 4.33. The van der Waals surface area contributed by atoms with Crippen LogP contribution >= 0.6 is 11.6 Å². The number of hydrogen-bond donors (Lipinski definition) is 2. The Morgan fingerprint density at radius 3 is 2.96 bits per heavy atom. The monoisotopic (exact) mass is 358 g/mol. The van der Waals surface area contributed by atoms with Crippen molar-refractivity contribution in [3.63, 3.8) is 0 Å². The molecule has 0 saturated heterocycles. The second-order valence-corrected chi connectivity index (χ2v) is 7.29. The quantitative estimate of drug-likeness (QED) is 0.635. The Labute approximate surface area is 152 Å². The second kappa shape index (κ2) is 6.67. The van der Waals surface area contributed by atoms with Gasteiger partial charge in [0.25, 0.3) is 0 Å². The molecule has 1 fully saturated rings. The Kier molecular flexibility index (Phi) is 4.37. The number of nitrogens with zero attached hydrogens (tertiary/aromatic N) is 4. The van der Waals surface area contributed by atoms with Crippen molar-refractivity contribution < 1.29 is 0 Å². The first-order chi connectivity index (χ1) is 12.2. The predicted molar refractivity (Wildman–Crippen MR) is 98.9 cm³/mol. The van der Waals surface area contributed by atoms with E-state index in [4.69, 9.17) is 11.6 Å². The van der Waals surface area contributed by atoms with Crippen LogP contribution in [0.4, 0.5) is 0 Å². The maximum absolute atomic E-state index is 6.15. The van der Waals surface area contributed by atoms with Gasteiger partial charge in [0.15, 0.2) is 11.8 Å². The van der Waals surface area contributed by atoms with Gasteiger partial charge in [-0.15, -0.1) is 10.2 Å². The van der Waals surface area contributed by atoms with E-state index in [0.717, 1.165) is 48.6 Å². The minimum absolute atomic E-state index is 0.179. The molecule has 0 atom stereocenters. The predicted octanol–water partition coefficient (Wildman–Crippen LogP) is 2.27. The minimum atomic E-state index is 0.179. The van der Waals surface area contributed by atoms with E-state index in [2.05, 4.69) is 42.5 Å². The van der Waals surface area contributed by atoms with Gasteiger partial charge in [-0.1, -0.05) is 23.7 Å². The van der Waals surface area contributed by atoms with E-state index >= 15 is 0 Å². The molecule has 0 radical (unpaired) electrons. The lowest BCUT2D eigenvalue weighted by Crippen LogP contribution is -2.41. The normalized spacial score (nSPS) is 18.1. The summed E-state index contributed by atoms with van der Waals surface area (Å²) in [6, 6.07) is 8.19. The lowest BCUT2D eigenvalue weighted by molar-refractivity contribution is 0.632. The van der Waals surface area contributed by atoms with Crippen LogP contribution in [-0.2, 0) is 24.9 Å². The molecule has 1 saturated carbocycles. The van der Waals surface area contributed by atoms with Gasteiger partial charge in [0.1, 0.15) is 5.82 Å². The molecule has 2 aromatic rings. The summed E-state index contributed by atoms with van der Waals surface area (Å²) in [7, 11) is 1.79. The Morgan fingerprint density at radius 1 is 1.32 bits per heavy atom. The van der Waals surface area contributed by atoms with Crippen LogP contribution in [0.25, 0.3) is 0 Å². The molecule has 1 aliphatic heterocycles. The first-order valence-electron chi connectivity index (χ1n) is 8.82. The van der Waals surface area contributed by atoms with E-state index in [1.165, 1.54) is 18.4 Å². The molecule has 1 aromatic heterocycles. The molecule has 2 heterocycles. The summed E-state index contributed by atoms with van der Waals surface area (Å²) < 4.78 is 2.20. The maximum atomic E-state index is 6.15. The zero-order valence-electron chi connectivity index (χ0n) is 14.4. The van der Waals surface area contributed by atoms with Gasteiger partial charge in [-0.3, -0.25) is 4.99 Å². The number of aliphatic imine (C=N–C) groups is 1. The average Bonchev–Trinajstić information content (AvgIpc) is 3.09. The van der Waals surface area contributed by atoms with Crippen molar-refractivity contribution in [1.82, 2.24) is 25.4 Å². The van der Waals surface area contributed by atoms with E-state index in [1.54, 1.807) is 7.05 Å². The van der Waals surface area contributed by atoms with E-state index in [0.29, 0.717) is 6.54 Å². The van der Waals surface area contributed by atoms with Crippen molar-refractivity contribution in [3.8, 4) is 0 Å². The third-order valence-corrected chi connectivity index (χ3v) is 5.44. The standard InChI is InChI=1S/C18H23ClN6/c1-20-17(21-11-16-24-23-15-6-3-9-25(15)16)22-12-18(7-8-18)13-4-2-5-14(19)10-13/h2,4-5,10H,3,6-9,11-12H2,1H3,(H2,20,21,22). The van der Waals surface area contributed by atoms with Gasteiger partial charge in [0, 0.05) is 37.0 Å². The number of halogens is 1. The molecular weight excluding hydrogens is 336 g/mol. The Hall–Kier alpha value is -2.08. The minimum Gasteiger partial charge on any atom is -0.356 e. The van der Waals surface area contributed by atoms with Gasteiger partial charge in [-0.25, -0.2) is 0 Å². The molecule has 2 aliphatic rings. The highest BCUT2D eigenvalue weighted by atomic mass is 35.5. The number of aryl methyl sites for hydroxylation is 1. The summed E-state index contributed by atoms with van der Waals surface area (Å²) in [5.74, 6) is 2.87. The van der Waals surface area contributed by atoms with Gasteiger partial charge < -0.3 is 15.2 Å². The molecular formula is C18H23ClN6. The molecule has 7 heteroatoms. The van der Waals surface area contributed by atoms with Crippen LogP contribution in [0.15, 0.2) is 29.3 Å². The highest BCUT2D eigenvalue weighted by molar-refractivity contribution is 6.30. The number of benzene rings is 1. The molecule has 6 nitrogen and oxygen atoms in total. The third kappa shape index (κ3) is 3.35. The van der Waals surface area contributed by atoms with Gasteiger partial charge in [-0.2, -0.15) is 0 Å². The van der Waals surface area contributed by atoms with Gasteiger partial charge in [0.2, 0.25) is 0 Å². The summed E-state index contributed by atoms with van der Waals surface area (Å²) in [5.41, 5.74) is 1.48. The van der Waals surface area contributed by atoms with Crippen LogP contribution in [-0.4, -0.2) is 34.3 Å². The van der Waals surface area contributed by atoms with Crippen LogP contribution in [0.3, 0.4) is 0 Å². The first kappa shape index (κ1) is 16.4. The van der Waals surface area contributed by atoms with E-state index in [1.807, 2.05) is 12.1 Å². The lowest BCUT2D eigenvalue weighted by atomic mass is 9.96. The summed E-state index contributed by atoms with van der Waals surface area (Å²) in [5, 5.41) is 16.1. The number of fused-ring (bicyclic) bond motifs is 1. The highest BCUT2D eigenvalue weighted by Gasteiger charge is 2.44. The molecule has 1 aliphatic carbocycles. The van der Waals surface area contributed by atoms with Crippen LogP contribution in [0, 0.1) is 0 Å². The van der Waals surface area contributed by atoms with Crippen molar-refractivity contribution in [2.45, 2.75) is 44.2 Å². The lowest BCUT2D eigenvalue weighted by Gasteiger charge is -2.19. The molecule has 132 valence electrons. The number of rotatable bonds is 5. The van der Waals surface area contributed by atoms with Crippen LogP contribution in [0.2, 0.25) is 5.02 Å². The molecule has 0 unspecified atom stereocenters. The Balaban J connectivity index is 1.35. The van der Waals surface area contributed by atoms with Crippen molar-refractivity contribution in [2.24, 2.45) is 4.99 Å².